The maximum absolute atomic E-state index is 9.07. The van der Waals surface area contributed by atoms with Gasteiger partial charge in [0.15, 0.2) is 0 Å². The number of nitrogens with zero attached hydrogens (tertiary/aromatic N) is 1. The maximum atomic E-state index is 9.07. The molecule has 1 aromatic heterocycles. The van der Waals surface area contributed by atoms with Gasteiger partial charge in [-0.15, -0.1) is 11.3 Å². The van der Waals surface area contributed by atoms with E-state index >= 15 is 0 Å². The second kappa shape index (κ2) is 7.40. The third-order valence-corrected chi connectivity index (χ3v) is 4.21. The average Bonchev–Trinajstić information content (AvgIpc) is 2.67. The van der Waals surface area contributed by atoms with E-state index in [9.17, 15) is 0 Å². The fraction of sp³-hybridized carbons (Fsp3) is 0.636. The number of hydrogen-bond donors (Lipinski definition) is 2. The molecule has 0 aliphatic rings. The standard InChI is InChI=1S/C11H19BrN2OS/c1-2-5-14(6-7-15)9(8-13)10-3-4-11(12)16-10/h3-4,9,15H,2,5-8,13H2,1H3. The summed E-state index contributed by atoms with van der Waals surface area (Å²) < 4.78 is 1.13. The molecule has 1 unspecified atom stereocenters. The lowest BCUT2D eigenvalue weighted by Gasteiger charge is -2.29. The molecule has 0 aromatic carbocycles. The SMILES string of the molecule is CCCN(CCO)C(CN)c1ccc(Br)s1. The molecule has 0 fully saturated rings. The molecule has 92 valence electrons. The van der Waals surface area contributed by atoms with Gasteiger partial charge in [0.05, 0.1) is 16.4 Å². The highest BCUT2D eigenvalue weighted by molar-refractivity contribution is 9.11. The Labute approximate surface area is 109 Å². The molecule has 0 spiro atoms. The molecule has 1 aromatic rings. The van der Waals surface area contributed by atoms with Crippen LogP contribution in [0.4, 0.5) is 0 Å². The zero-order chi connectivity index (χ0) is 12.0. The first-order valence-electron chi connectivity index (χ1n) is 5.53. The Bertz CT molecular complexity index is 300. The van der Waals surface area contributed by atoms with Gasteiger partial charge in [-0.05, 0) is 41.0 Å². The van der Waals surface area contributed by atoms with Crippen molar-refractivity contribution in [2.75, 3.05) is 26.2 Å². The van der Waals surface area contributed by atoms with Gasteiger partial charge in [-0.25, -0.2) is 0 Å². The first-order chi connectivity index (χ1) is 7.72. The van der Waals surface area contributed by atoms with Crippen molar-refractivity contribution in [3.05, 3.63) is 20.8 Å². The molecule has 0 saturated carbocycles. The molecule has 1 rings (SSSR count). The molecule has 0 aliphatic heterocycles. The Morgan fingerprint density at radius 1 is 1.50 bits per heavy atom. The van der Waals surface area contributed by atoms with Gasteiger partial charge >= 0.3 is 0 Å². The van der Waals surface area contributed by atoms with Crippen molar-refractivity contribution in [3.8, 4) is 0 Å². The number of halogens is 1. The van der Waals surface area contributed by atoms with E-state index in [4.69, 9.17) is 10.8 Å². The quantitative estimate of drug-likeness (QED) is 0.812. The molecule has 0 bridgehead atoms. The van der Waals surface area contributed by atoms with E-state index in [-0.39, 0.29) is 12.6 Å². The van der Waals surface area contributed by atoms with Crippen LogP contribution in [0.15, 0.2) is 15.9 Å². The van der Waals surface area contributed by atoms with E-state index in [1.165, 1.54) is 4.88 Å². The third-order valence-electron chi connectivity index (χ3n) is 2.48. The molecule has 3 N–H and O–H groups in total. The van der Waals surface area contributed by atoms with Crippen LogP contribution in [0, 0.1) is 0 Å². The third kappa shape index (κ3) is 3.82. The zero-order valence-corrected chi connectivity index (χ0v) is 11.9. The van der Waals surface area contributed by atoms with Gasteiger partial charge in [-0.2, -0.15) is 0 Å². The minimum Gasteiger partial charge on any atom is -0.395 e. The van der Waals surface area contributed by atoms with Crippen LogP contribution in [0.25, 0.3) is 0 Å². The summed E-state index contributed by atoms with van der Waals surface area (Å²) in [6, 6.07) is 4.38. The normalized spacial score (nSPS) is 13.3. The summed E-state index contributed by atoms with van der Waals surface area (Å²) in [6.07, 6.45) is 1.07. The number of rotatable bonds is 7. The monoisotopic (exact) mass is 306 g/mol. The summed E-state index contributed by atoms with van der Waals surface area (Å²) >= 11 is 5.18. The van der Waals surface area contributed by atoms with E-state index in [0.29, 0.717) is 13.1 Å². The van der Waals surface area contributed by atoms with Crippen molar-refractivity contribution < 1.29 is 5.11 Å². The minimum absolute atomic E-state index is 0.184. The Morgan fingerprint density at radius 2 is 2.25 bits per heavy atom. The van der Waals surface area contributed by atoms with Crippen LogP contribution >= 0.6 is 27.3 Å². The van der Waals surface area contributed by atoms with Gasteiger partial charge in [0.2, 0.25) is 0 Å². The number of thiophene rings is 1. The molecule has 16 heavy (non-hydrogen) atoms. The van der Waals surface area contributed by atoms with Crippen molar-refractivity contribution >= 4 is 27.3 Å². The van der Waals surface area contributed by atoms with E-state index < -0.39 is 0 Å². The van der Waals surface area contributed by atoms with Crippen molar-refractivity contribution in [2.24, 2.45) is 5.73 Å². The van der Waals surface area contributed by atoms with Crippen LogP contribution < -0.4 is 5.73 Å². The molecule has 1 heterocycles. The Balaban J connectivity index is 2.76. The first-order valence-corrected chi connectivity index (χ1v) is 7.14. The van der Waals surface area contributed by atoms with Crippen LogP contribution in [-0.2, 0) is 0 Å². The molecule has 0 radical (unpaired) electrons. The number of hydrogen-bond acceptors (Lipinski definition) is 4. The van der Waals surface area contributed by atoms with E-state index in [1.807, 2.05) is 6.07 Å². The van der Waals surface area contributed by atoms with Crippen molar-refractivity contribution in [1.29, 1.82) is 0 Å². The second-order valence-electron chi connectivity index (χ2n) is 3.65. The van der Waals surface area contributed by atoms with Gasteiger partial charge in [0.25, 0.3) is 0 Å². The van der Waals surface area contributed by atoms with E-state index in [2.05, 4.69) is 33.8 Å². The Kier molecular flexibility index (Phi) is 6.53. The Hall–Kier alpha value is 0.0600. The van der Waals surface area contributed by atoms with Crippen LogP contribution in [0.1, 0.15) is 24.3 Å². The topological polar surface area (TPSA) is 49.5 Å². The number of aliphatic hydroxyl groups excluding tert-OH is 1. The fourth-order valence-corrected chi connectivity index (χ4v) is 3.36. The summed E-state index contributed by atoms with van der Waals surface area (Å²) in [7, 11) is 0. The summed E-state index contributed by atoms with van der Waals surface area (Å²) in [5.41, 5.74) is 5.84. The van der Waals surface area contributed by atoms with Gasteiger partial charge in [0.1, 0.15) is 0 Å². The molecule has 0 saturated heterocycles. The van der Waals surface area contributed by atoms with Crippen LogP contribution in [0.5, 0.6) is 0 Å². The van der Waals surface area contributed by atoms with Crippen LogP contribution in [-0.4, -0.2) is 36.2 Å². The minimum atomic E-state index is 0.184. The lowest BCUT2D eigenvalue weighted by molar-refractivity contribution is 0.155. The van der Waals surface area contributed by atoms with Crippen molar-refractivity contribution in [2.45, 2.75) is 19.4 Å². The van der Waals surface area contributed by atoms with E-state index in [1.54, 1.807) is 11.3 Å². The predicted molar refractivity (Wildman–Crippen MR) is 72.8 cm³/mol. The van der Waals surface area contributed by atoms with Gasteiger partial charge < -0.3 is 10.8 Å². The van der Waals surface area contributed by atoms with Crippen LogP contribution in [0.3, 0.4) is 0 Å². The molecule has 3 nitrogen and oxygen atoms in total. The molecule has 0 aliphatic carbocycles. The van der Waals surface area contributed by atoms with Gasteiger partial charge in [-0.3, -0.25) is 4.90 Å². The highest BCUT2D eigenvalue weighted by Crippen LogP contribution is 2.30. The average molecular weight is 307 g/mol. The molecular formula is C11H19BrN2OS. The summed E-state index contributed by atoms with van der Waals surface area (Å²) in [5, 5.41) is 9.07. The first kappa shape index (κ1) is 14.1. The van der Waals surface area contributed by atoms with Gasteiger partial charge in [-0.1, -0.05) is 6.92 Å². The maximum Gasteiger partial charge on any atom is 0.0702 e. The zero-order valence-electron chi connectivity index (χ0n) is 9.53. The highest BCUT2D eigenvalue weighted by Gasteiger charge is 2.19. The largest absolute Gasteiger partial charge is 0.395 e. The summed E-state index contributed by atoms with van der Waals surface area (Å²) in [5.74, 6) is 0. The summed E-state index contributed by atoms with van der Waals surface area (Å²) in [4.78, 5) is 3.51. The number of nitrogens with two attached hydrogens (primary N) is 1. The van der Waals surface area contributed by atoms with Crippen molar-refractivity contribution in [1.82, 2.24) is 4.90 Å². The number of aliphatic hydroxyl groups is 1. The van der Waals surface area contributed by atoms with Crippen molar-refractivity contribution in [3.63, 3.8) is 0 Å². The molecule has 5 heteroatoms. The Morgan fingerprint density at radius 3 is 2.69 bits per heavy atom. The lowest BCUT2D eigenvalue weighted by Crippen LogP contribution is -2.35. The smallest absolute Gasteiger partial charge is 0.0702 e. The highest BCUT2D eigenvalue weighted by atomic mass is 79.9. The molecule has 0 amide bonds. The predicted octanol–water partition coefficient (Wildman–Crippen LogP) is 2.21. The molecular weight excluding hydrogens is 288 g/mol. The lowest BCUT2D eigenvalue weighted by atomic mass is 10.2. The molecule has 1 atom stereocenters. The fourth-order valence-electron chi connectivity index (χ4n) is 1.79. The van der Waals surface area contributed by atoms with Gasteiger partial charge in [0, 0.05) is 18.0 Å². The summed E-state index contributed by atoms with van der Waals surface area (Å²) in [6.45, 7) is 4.57. The second-order valence-corrected chi connectivity index (χ2v) is 6.15. The van der Waals surface area contributed by atoms with E-state index in [0.717, 1.165) is 16.8 Å². The van der Waals surface area contributed by atoms with Crippen LogP contribution in [0.2, 0.25) is 0 Å².